The number of alkyl halides is 3. The summed E-state index contributed by atoms with van der Waals surface area (Å²) in [6.45, 7) is -0.180. The SMILES string of the molecule is O=S(=O)(N1C[C@]2(c3ccccc3)C[C@@H]2c2ccccc21)C(F)(F)F. The maximum atomic E-state index is 13.2. The molecule has 2 aromatic rings. The van der Waals surface area contributed by atoms with Crippen molar-refractivity contribution >= 4 is 15.7 Å². The van der Waals surface area contributed by atoms with Crippen molar-refractivity contribution in [3.8, 4) is 0 Å². The van der Waals surface area contributed by atoms with Crippen molar-refractivity contribution < 1.29 is 21.6 Å². The molecule has 126 valence electrons. The molecule has 24 heavy (non-hydrogen) atoms. The van der Waals surface area contributed by atoms with Crippen LogP contribution in [0.5, 0.6) is 0 Å². The zero-order valence-corrected chi connectivity index (χ0v) is 13.3. The molecule has 0 bridgehead atoms. The maximum absolute atomic E-state index is 13.2. The van der Waals surface area contributed by atoms with E-state index in [0.717, 1.165) is 5.56 Å². The number of benzene rings is 2. The Hall–Kier alpha value is -2.02. The van der Waals surface area contributed by atoms with Crippen LogP contribution in [-0.2, 0) is 15.4 Å². The molecule has 0 amide bonds. The van der Waals surface area contributed by atoms with Crippen LogP contribution >= 0.6 is 0 Å². The lowest BCUT2D eigenvalue weighted by Gasteiger charge is -2.35. The van der Waals surface area contributed by atoms with E-state index in [0.29, 0.717) is 16.3 Å². The molecule has 2 aromatic carbocycles. The van der Waals surface area contributed by atoms with E-state index in [9.17, 15) is 21.6 Å². The molecular formula is C17H14F3NO2S. The van der Waals surface area contributed by atoms with E-state index in [1.54, 1.807) is 18.2 Å². The Morgan fingerprint density at radius 3 is 2.29 bits per heavy atom. The molecule has 1 saturated carbocycles. The van der Waals surface area contributed by atoms with E-state index in [-0.39, 0.29) is 18.2 Å². The van der Waals surface area contributed by atoms with Crippen LogP contribution in [-0.4, -0.2) is 20.5 Å². The molecule has 1 fully saturated rings. The van der Waals surface area contributed by atoms with Crippen molar-refractivity contribution in [2.45, 2.75) is 23.3 Å². The van der Waals surface area contributed by atoms with E-state index in [4.69, 9.17) is 0 Å². The van der Waals surface area contributed by atoms with Gasteiger partial charge in [-0.2, -0.15) is 21.6 Å². The third kappa shape index (κ3) is 2.00. The predicted molar refractivity (Wildman–Crippen MR) is 84.2 cm³/mol. The Balaban J connectivity index is 1.88. The first-order chi connectivity index (χ1) is 11.3. The summed E-state index contributed by atoms with van der Waals surface area (Å²) in [5, 5.41) is 0. The number of nitrogens with zero attached hydrogens (tertiary/aromatic N) is 1. The minimum atomic E-state index is -5.43. The van der Waals surface area contributed by atoms with Crippen molar-refractivity contribution in [3.05, 3.63) is 65.7 Å². The van der Waals surface area contributed by atoms with Gasteiger partial charge in [0.05, 0.1) is 5.69 Å². The van der Waals surface area contributed by atoms with Gasteiger partial charge in [0, 0.05) is 12.0 Å². The van der Waals surface area contributed by atoms with Crippen LogP contribution < -0.4 is 4.31 Å². The van der Waals surface area contributed by atoms with E-state index < -0.39 is 20.9 Å². The highest BCUT2D eigenvalue weighted by atomic mass is 32.2. The van der Waals surface area contributed by atoms with Crippen LogP contribution in [0, 0.1) is 0 Å². The van der Waals surface area contributed by atoms with Gasteiger partial charge in [-0.25, -0.2) is 0 Å². The van der Waals surface area contributed by atoms with Gasteiger partial charge in [-0.3, -0.25) is 4.31 Å². The molecule has 7 heteroatoms. The molecule has 0 N–H and O–H groups in total. The van der Waals surface area contributed by atoms with Crippen LogP contribution in [0.15, 0.2) is 54.6 Å². The first-order valence-electron chi connectivity index (χ1n) is 7.51. The minimum Gasteiger partial charge on any atom is -0.262 e. The summed E-state index contributed by atoms with van der Waals surface area (Å²) < 4.78 is 64.2. The molecular weight excluding hydrogens is 339 g/mol. The second-order valence-corrected chi connectivity index (χ2v) is 8.15. The van der Waals surface area contributed by atoms with Crippen LogP contribution in [0.4, 0.5) is 18.9 Å². The lowest BCUT2D eigenvalue weighted by molar-refractivity contribution is -0.0439. The fraction of sp³-hybridized carbons (Fsp3) is 0.294. The standard InChI is InChI=1S/C17H14F3NO2S/c18-17(19,20)24(22,23)21-11-16(12-6-2-1-3-7-12)10-14(16)13-8-4-5-9-15(13)21/h1-9,14H,10-11H2/t14-,16+/m1/s1. The molecule has 4 rings (SSSR count). The third-order valence-electron chi connectivity index (χ3n) is 5.01. The van der Waals surface area contributed by atoms with Crippen molar-refractivity contribution in [2.75, 3.05) is 10.8 Å². The Morgan fingerprint density at radius 1 is 1.00 bits per heavy atom. The number of sulfonamides is 1. The quantitative estimate of drug-likeness (QED) is 0.824. The molecule has 1 aliphatic heterocycles. The van der Waals surface area contributed by atoms with E-state index in [1.165, 1.54) is 6.07 Å². The number of anilines is 1. The average Bonchev–Trinajstić information content (AvgIpc) is 3.30. The molecule has 1 aliphatic carbocycles. The van der Waals surface area contributed by atoms with Crippen LogP contribution in [0.3, 0.4) is 0 Å². The molecule has 2 aliphatic rings. The summed E-state index contributed by atoms with van der Waals surface area (Å²) in [6.07, 6.45) is 0.651. The van der Waals surface area contributed by atoms with Gasteiger partial charge in [0.25, 0.3) is 0 Å². The average molecular weight is 353 g/mol. The molecule has 0 saturated heterocycles. The molecule has 1 heterocycles. The molecule has 2 atom stereocenters. The van der Waals surface area contributed by atoms with E-state index >= 15 is 0 Å². The Bertz CT molecular complexity index is 896. The van der Waals surface area contributed by atoms with Gasteiger partial charge in [0.1, 0.15) is 0 Å². The highest BCUT2D eigenvalue weighted by Crippen LogP contribution is 2.65. The zero-order chi connectivity index (χ0) is 17.2. The minimum absolute atomic E-state index is 0.0517. The van der Waals surface area contributed by atoms with Crippen LogP contribution in [0.2, 0.25) is 0 Å². The van der Waals surface area contributed by atoms with Crippen LogP contribution in [0.1, 0.15) is 23.5 Å². The fourth-order valence-electron chi connectivity index (χ4n) is 3.76. The van der Waals surface area contributed by atoms with Gasteiger partial charge in [-0.05, 0) is 29.5 Å². The lowest BCUT2D eigenvalue weighted by Crippen LogP contribution is -2.47. The summed E-state index contributed by atoms with van der Waals surface area (Å²) in [5.74, 6) is 0.0517. The fourth-order valence-corrected chi connectivity index (χ4v) is 4.83. The number of hydrogen-bond acceptors (Lipinski definition) is 2. The maximum Gasteiger partial charge on any atom is 0.516 e. The van der Waals surface area contributed by atoms with Crippen molar-refractivity contribution in [3.63, 3.8) is 0 Å². The van der Waals surface area contributed by atoms with E-state index in [1.807, 2.05) is 30.3 Å². The highest BCUT2D eigenvalue weighted by Gasteiger charge is 2.64. The summed E-state index contributed by atoms with van der Waals surface area (Å²) in [4.78, 5) is 0. The van der Waals surface area contributed by atoms with Crippen molar-refractivity contribution in [2.24, 2.45) is 0 Å². The Kier molecular flexibility index (Phi) is 3.07. The predicted octanol–water partition coefficient (Wildman–Crippen LogP) is 3.78. The van der Waals surface area contributed by atoms with Crippen molar-refractivity contribution in [1.29, 1.82) is 0 Å². The van der Waals surface area contributed by atoms with Gasteiger partial charge in [0.2, 0.25) is 0 Å². The summed E-state index contributed by atoms with van der Waals surface area (Å²) in [5.41, 5.74) is -4.20. The summed E-state index contributed by atoms with van der Waals surface area (Å²) in [7, 11) is -5.43. The number of halogens is 3. The zero-order valence-electron chi connectivity index (χ0n) is 12.5. The molecule has 0 radical (unpaired) electrons. The second-order valence-electron chi connectivity index (χ2n) is 6.30. The monoisotopic (exact) mass is 353 g/mol. The number of para-hydroxylation sites is 1. The summed E-state index contributed by atoms with van der Waals surface area (Å²) in [6, 6.07) is 15.7. The smallest absolute Gasteiger partial charge is 0.262 e. The molecule has 0 aromatic heterocycles. The van der Waals surface area contributed by atoms with Gasteiger partial charge >= 0.3 is 15.5 Å². The number of rotatable bonds is 2. The first kappa shape index (κ1) is 15.5. The highest BCUT2D eigenvalue weighted by molar-refractivity contribution is 7.93. The van der Waals surface area contributed by atoms with Crippen molar-refractivity contribution in [1.82, 2.24) is 0 Å². The molecule has 0 unspecified atom stereocenters. The van der Waals surface area contributed by atoms with Gasteiger partial charge in [-0.1, -0.05) is 48.5 Å². The topological polar surface area (TPSA) is 37.4 Å². The summed E-state index contributed by atoms with van der Waals surface area (Å²) >= 11 is 0. The molecule has 0 spiro atoms. The van der Waals surface area contributed by atoms with E-state index in [2.05, 4.69) is 0 Å². The Morgan fingerprint density at radius 2 is 1.62 bits per heavy atom. The number of fused-ring (bicyclic) bond motifs is 3. The number of hydrogen-bond donors (Lipinski definition) is 0. The largest absolute Gasteiger partial charge is 0.516 e. The normalized spacial score (nSPS) is 25.8. The van der Waals surface area contributed by atoms with Crippen LogP contribution in [0.25, 0.3) is 0 Å². The molecule has 3 nitrogen and oxygen atoms in total. The van der Waals surface area contributed by atoms with Gasteiger partial charge in [-0.15, -0.1) is 0 Å². The third-order valence-corrected chi connectivity index (χ3v) is 6.50. The van der Waals surface area contributed by atoms with Gasteiger partial charge in [0.15, 0.2) is 0 Å². The lowest BCUT2D eigenvalue weighted by atomic mass is 9.87. The Labute approximate surface area is 137 Å². The first-order valence-corrected chi connectivity index (χ1v) is 8.95. The second kappa shape index (κ2) is 4.75. The van der Waals surface area contributed by atoms with Gasteiger partial charge < -0.3 is 0 Å².